The molecule has 1 aliphatic heterocycles. The number of hydrogen-bond donors (Lipinski definition) is 2. The van der Waals surface area contributed by atoms with Crippen LogP contribution in [0.4, 0.5) is 4.79 Å². The molecule has 1 heterocycles. The Bertz CT molecular complexity index is 904. The van der Waals surface area contributed by atoms with E-state index in [0.29, 0.717) is 22.9 Å². The first kappa shape index (κ1) is 19.2. The molecule has 1 saturated heterocycles. The number of nitrogens with one attached hydrogen (secondary N) is 2. The lowest BCUT2D eigenvalue weighted by Crippen LogP contribution is -2.49. The third-order valence-electron chi connectivity index (χ3n) is 4.41. The summed E-state index contributed by atoms with van der Waals surface area (Å²) in [5.41, 5.74) is 2.37. The molecule has 0 saturated carbocycles. The first-order valence-electron chi connectivity index (χ1n) is 8.27. The Balaban J connectivity index is 1.70. The highest BCUT2D eigenvalue weighted by Crippen LogP contribution is 2.24. The van der Waals surface area contributed by atoms with Crippen molar-refractivity contribution >= 4 is 41.0 Å². The summed E-state index contributed by atoms with van der Waals surface area (Å²) in [6, 6.07) is 13.3. The van der Waals surface area contributed by atoms with Gasteiger partial charge in [0.2, 0.25) is 0 Å². The van der Waals surface area contributed by atoms with Gasteiger partial charge in [-0.15, -0.1) is 0 Å². The average Bonchev–Trinajstić information content (AvgIpc) is 2.84. The summed E-state index contributed by atoms with van der Waals surface area (Å²) in [5.74, 6) is -1.20. The van der Waals surface area contributed by atoms with Crippen LogP contribution in [0.2, 0.25) is 10.0 Å². The largest absolute Gasteiger partial charge is 0.344 e. The minimum Gasteiger partial charge on any atom is -0.322 e. The van der Waals surface area contributed by atoms with E-state index in [9.17, 15) is 14.4 Å². The van der Waals surface area contributed by atoms with Crippen molar-refractivity contribution in [3.63, 3.8) is 0 Å². The van der Waals surface area contributed by atoms with E-state index in [2.05, 4.69) is 10.7 Å². The number of amides is 4. The molecule has 4 amide bonds. The van der Waals surface area contributed by atoms with E-state index in [1.165, 1.54) is 18.2 Å². The molecule has 1 aliphatic rings. The predicted molar refractivity (Wildman–Crippen MR) is 102 cm³/mol. The molecule has 0 bridgehead atoms. The van der Waals surface area contributed by atoms with E-state index in [-0.39, 0.29) is 10.6 Å². The Morgan fingerprint density at radius 3 is 2.52 bits per heavy atom. The van der Waals surface area contributed by atoms with Gasteiger partial charge in [0, 0.05) is 5.02 Å². The van der Waals surface area contributed by atoms with Crippen LogP contribution >= 0.6 is 23.2 Å². The van der Waals surface area contributed by atoms with E-state index < -0.39 is 23.4 Å². The van der Waals surface area contributed by atoms with Crippen LogP contribution in [-0.4, -0.2) is 28.4 Å². The Hall–Kier alpha value is -2.57. The number of hydrazine groups is 1. The summed E-state index contributed by atoms with van der Waals surface area (Å²) in [7, 11) is 0. The fourth-order valence-electron chi connectivity index (χ4n) is 2.83. The monoisotopic (exact) mass is 405 g/mol. The molecule has 6 nitrogen and oxygen atoms in total. The van der Waals surface area contributed by atoms with Crippen molar-refractivity contribution in [3.05, 3.63) is 69.7 Å². The molecule has 0 aromatic heterocycles. The zero-order chi connectivity index (χ0) is 19.6. The number of imide groups is 1. The molecule has 0 spiro atoms. The molecule has 140 valence electrons. The van der Waals surface area contributed by atoms with Gasteiger partial charge in [-0.25, -0.2) is 4.79 Å². The van der Waals surface area contributed by atoms with E-state index in [4.69, 9.17) is 23.2 Å². The zero-order valence-electron chi connectivity index (χ0n) is 14.5. The summed E-state index contributed by atoms with van der Waals surface area (Å²) in [6.45, 7) is 1.64. The number of carbonyl (C=O) groups excluding carboxylic acids is 3. The van der Waals surface area contributed by atoms with Crippen molar-refractivity contribution in [1.82, 2.24) is 15.8 Å². The van der Waals surface area contributed by atoms with Gasteiger partial charge in [-0.3, -0.25) is 15.0 Å². The van der Waals surface area contributed by atoms with Crippen LogP contribution in [0.3, 0.4) is 0 Å². The first-order chi connectivity index (χ1) is 12.8. The predicted octanol–water partition coefficient (Wildman–Crippen LogP) is 3.58. The van der Waals surface area contributed by atoms with Gasteiger partial charge in [0.15, 0.2) is 0 Å². The van der Waals surface area contributed by atoms with Crippen molar-refractivity contribution in [2.75, 3.05) is 0 Å². The van der Waals surface area contributed by atoms with Gasteiger partial charge >= 0.3 is 6.03 Å². The van der Waals surface area contributed by atoms with Crippen LogP contribution in [0.1, 0.15) is 29.3 Å². The summed E-state index contributed by atoms with van der Waals surface area (Å²) < 4.78 is 0. The van der Waals surface area contributed by atoms with Crippen LogP contribution < -0.4 is 10.7 Å². The molecule has 27 heavy (non-hydrogen) atoms. The topological polar surface area (TPSA) is 78.5 Å². The van der Waals surface area contributed by atoms with Gasteiger partial charge in [-0.2, -0.15) is 5.01 Å². The van der Waals surface area contributed by atoms with Crippen molar-refractivity contribution in [2.45, 2.75) is 25.3 Å². The lowest BCUT2D eigenvalue weighted by atomic mass is 9.93. The number of urea groups is 1. The molecule has 1 fully saturated rings. The molecule has 1 unspecified atom stereocenters. The molecular formula is C19H17Cl2N3O3. The van der Waals surface area contributed by atoms with Crippen LogP contribution in [0.5, 0.6) is 0 Å². The fraction of sp³-hybridized carbons (Fsp3) is 0.211. The minimum atomic E-state index is -1.11. The van der Waals surface area contributed by atoms with Crippen LogP contribution in [0, 0.1) is 0 Å². The zero-order valence-corrected chi connectivity index (χ0v) is 16.0. The molecule has 3 rings (SSSR count). The second-order valence-electron chi connectivity index (χ2n) is 6.45. The highest BCUT2D eigenvalue weighted by Gasteiger charge is 2.48. The van der Waals surface area contributed by atoms with Gasteiger partial charge < -0.3 is 5.32 Å². The Morgan fingerprint density at radius 1 is 1.15 bits per heavy atom. The van der Waals surface area contributed by atoms with Gasteiger partial charge in [0.05, 0.1) is 10.6 Å². The standard InChI is InChI=1S/C19H17Cl2N3O3/c1-19(10-9-12-5-3-2-4-6-12)17(26)24(18(27)22-19)23-16(25)14-8-7-13(20)11-15(14)21/h2-8,11H,9-10H2,1H3,(H,22,27)(H,23,25). The SMILES string of the molecule is CC1(CCc2ccccc2)NC(=O)N(NC(=O)c2ccc(Cl)cc2Cl)C1=O. The third kappa shape index (κ3) is 4.07. The fourth-order valence-corrected chi connectivity index (χ4v) is 3.32. The second kappa shape index (κ2) is 7.58. The molecule has 8 heteroatoms. The molecule has 1 atom stereocenters. The summed E-state index contributed by atoms with van der Waals surface area (Å²) >= 11 is 11.8. The van der Waals surface area contributed by atoms with Gasteiger partial charge in [0.1, 0.15) is 5.54 Å². The van der Waals surface area contributed by atoms with E-state index in [1.54, 1.807) is 6.92 Å². The first-order valence-corrected chi connectivity index (χ1v) is 9.02. The number of aryl methyl sites for hydroxylation is 1. The highest BCUT2D eigenvalue weighted by molar-refractivity contribution is 6.36. The third-order valence-corrected chi connectivity index (χ3v) is 4.95. The number of nitrogens with zero attached hydrogens (tertiary/aromatic N) is 1. The summed E-state index contributed by atoms with van der Waals surface area (Å²) in [4.78, 5) is 37.4. The van der Waals surface area contributed by atoms with Crippen molar-refractivity contribution < 1.29 is 14.4 Å². The van der Waals surface area contributed by atoms with Gasteiger partial charge in [-0.05, 0) is 43.5 Å². The maximum atomic E-state index is 12.7. The molecular weight excluding hydrogens is 389 g/mol. The number of benzene rings is 2. The second-order valence-corrected chi connectivity index (χ2v) is 7.30. The van der Waals surface area contributed by atoms with E-state index >= 15 is 0 Å². The van der Waals surface area contributed by atoms with E-state index in [0.717, 1.165) is 5.56 Å². The summed E-state index contributed by atoms with van der Waals surface area (Å²) in [6.07, 6.45) is 1.00. The van der Waals surface area contributed by atoms with Crippen molar-refractivity contribution in [2.24, 2.45) is 0 Å². The van der Waals surface area contributed by atoms with E-state index in [1.807, 2.05) is 30.3 Å². The number of rotatable bonds is 5. The Labute approximate surface area is 166 Å². The van der Waals surface area contributed by atoms with Gasteiger partial charge in [0.25, 0.3) is 11.8 Å². The number of hydrogen-bond acceptors (Lipinski definition) is 3. The molecule has 2 aromatic rings. The Kier molecular flexibility index (Phi) is 5.39. The molecule has 2 aromatic carbocycles. The molecule has 0 aliphatic carbocycles. The normalized spacial score (nSPS) is 19.1. The molecule has 0 radical (unpaired) electrons. The summed E-state index contributed by atoms with van der Waals surface area (Å²) in [5, 5.41) is 3.84. The average molecular weight is 406 g/mol. The van der Waals surface area contributed by atoms with Crippen molar-refractivity contribution in [3.8, 4) is 0 Å². The lowest BCUT2D eigenvalue weighted by Gasteiger charge is -2.21. The highest BCUT2D eigenvalue weighted by atomic mass is 35.5. The maximum absolute atomic E-state index is 12.7. The van der Waals surface area contributed by atoms with Crippen molar-refractivity contribution in [1.29, 1.82) is 0 Å². The van der Waals surface area contributed by atoms with Crippen LogP contribution in [0.25, 0.3) is 0 Å². The smallest absolute Gasteiger partial charge is 0.322 e. The lowest BCUT2D eigenvalue weighted by molar-refractivity contribution is -0.132. The Morgan fingerprint density at radius 2 is 1.85 bits per heavy atom. The minimum absolute atomic E-state index is 0.111. The number of halogens is 2. The quantitative estimate of drug-likeness (QED) is 0.746. The van der Waals surface area contributed by atoms with Crippen LogP contribution in [0.15, 0.2) is 48.5 Å². The van der Waals surface area contributed by atoms with Gasteiger partial charge in [-0.1, -0.05) is 53.5 Å². The molecule has 2 N–H and O–H groups in total. The maximum Gasteiger partial charge on any atom is 0.344 e. The van der Waals surface area contributed by atoms with Crippen LogP contribution in [-0.2, 0) is 11.2 Å². The number of carbonyl (C=O) groups is 3.